The lowest BCUT2D eigenvalue weighted by atomic mass is 10.2. The molecular formula is C16H22ClN3S. The van der Waals surface area contributed by atoms with E-state index in [2.05, 4.69) is 48.5 Å². The zero-order valence-corrected chi connectivity index (χ0v) is 14.4. The van der Waals surface area contributed by atoms with Gasteiger partial charge in [-0.05, 0) is 38.1 Å². The molecule has 1 aromatic heterocycles. The first kappa shape index (κ1) is 16.4. The van der Waals surface area contributed by atoms with Crippen LogP contribution >= 0.6 is 23.4 Å². The van der Waals surface area contributed by atoms with E-state index in [1.165, 1.54) is 10.5 Å². The molecule has 0 spiro atoms. The molecule has 0 atom stereocenters. The average molecular weight is 324 g/mol. The van der Waals surface area contributed by atoms with Crippen LogP contribution in [0.5, 0.6) is 0 Å². The van der Waals surface area contributed by atoms with Gasteiger partial charge in [0.25, 0.3) is 0 Å². The van der Waals surface area contributed by atoms with Crippen molar-refractivity contribution in [3.05, 3.63) is 46.2 Å². The van der Waals surface area contributed by atoms with Gasteiger partial charge in [0.05, 0.1) is 16.4 Å². The number of hydrogen-bond acceptors (Lipinski definition) is 3. The molecule has 0 amide bonds. The lowest BCUT2D eigenvalue weighted by Gasteiger charge is -2.07. The maximum Gasteiger partial charge on any atom is 0.0855 e. The Labute approximate surface area is 136 Å². The van der Waals surface area contributed by atoms with Crippen LogP contribution in [0, 0.1) is 6.92 Å². The van der Waals surface area contributed by atoms with Crippen molar-refractivity contribution in [2.24, 2.45) is 0 Å². The summed E-state index contributed by atoms with van der Waals surface area (Å²) in [6.07, 6.45) is 0. The largest absolute Gasteiger partial charge is 0.313 e. The highest BCUT2D eigenvalue weighted by Crippen LogP contribution is 2.29. The molecule has 0 unspecified atom stereocenters. The van der Waals surface area contributed by atoms with Crippen LogP contribution in [0.25, 0.3) is 0 Å². The quantitative estimate of drug-likeness (QED) is 0.772. The molecule has 2 aromatic rings. The Hall–Kier alpha value is -0.970. The van der Waals surface area contributed by atoms with Gasteiger partial charge in [-0.1, -0.05) is 30.7 Å². The van der Waals surface area contributed by atoms with Gasteiger partial charge < -0.3 is 5.32 Å². The molecule has 0 saturated heterocycles. The van der Waals surface area contributed by atoms with Gasteiger partial charge in [0.2, 0.25) is 0 Å². The molecule has 0 aliphatic carbocycles. The molecule has 0 radical (unpaired) electrons. The Morgan fingerprint density at radius 2 is 2.14 bits per heavy atom. The molecular weight excluding hydrogens is 302 g/mol. The van der Waals surface area contributed by atoms with Crippen LogP contribution < -0.4 is 5.32 Å². The van der Waals surface area contributed by atoms with E-state index in [-0.39, 0.29) is 0 Å². The van der Waals surface area contributed by atoms with Crippen LogP contribution in [0.15, 0.2) is 29.2 Å². The van der Waals surface area contributed by atoms with Gasteiger partial charge in [0.15, 0.2) is 0 Å². The standard InChI is InChI=1S/C16H22ClN3S/c1-4-18-10-13-7-6-8-14(9-13)21-11-15-16(17)12(3)19-20(15)5-2/h6-9,18H,4-5,10-11H2,1-3H3. The second kappa shape index (κ2) is 7.87. The summed E-state index contributed by atoms with van der Waals surface area (Å²) in [4.78, 5) is 1.27. The highest BCUT2D eigenvalue weighted by Gasteiger charge is 2.12. The number of nitrogens with one attached hydrogen (secondary N) is 1. The molecule has 0 aliphatic rings. The highest BCUT2D eigenvalue weighted by molar-refractivity contribution is 7.98. The monoisotopic (exact) mass is 323 g/mol. The van der Waals surface area contributed by atoms with E-state index in [9.17, 15) is 0 Å². The molecule has 5 heteroatoms. The van der Waals surface area contributed by atoms with Gasteiger partial charge in [-0.25, -0.2) is 0 Å². The van der Waals surface area contributed by atoms with Gasteiger partial charge in [0.1, 0.15) is 0 Å². The molecule has 0 fully saturated rings. The molecule has 0 saturated carbocycles. The second-order valence-corrected chi connectivity index (χ2v) is 6.30. The molecule has 0 bridgehead atoms. The molecule has 2 rings (SSSR count). The first-order valence-corrected chi connectivity index (χ1v) is 8.66. The van der Waals surface area contributed by atoms with Crippen molar-refractivity contribution in [2.75, 3.05) is 6.54 Å². The van der Waals surface area contributed by atoms with Gasteiger partial charge in [0, 0.05) is 23.7 Å². The molecule has 114 valence electrons. The molecule has 3 nitrogen and oxygen atoms in total. The smallest absolute Gasteiger partial charge is 0.0855 e. The van der Waals surface area contributed by atoms with Crippen LogP contribution in [0.2, 0.25) is 5.02 Å². The molecule has 0 aliphatic heterocycles. The minimum Gasteiger partial charge on any atom is -0.313 e. The number of benzene rings is 1. The summed E-state index contributed by atoms with van der Waals surface area (Å²) in [5.41, 5.74) is 3.34. The number of rotatable bonds is 7. The topological polar surface area (TPSA) is 29.9 Å². The fraction of sp³-hybridized carbons (Fsp3) is 0.438. The maximum atomic E-state index is 6.35. The Kier molecular flexibility index (Phi) is 6.15. The number of thioether (sulfide) groups is 1. The lowest BCUT2D eigenvalue weighted by Crippen LogP contribution is -2.11. The van der Waals surface area contributed by atoms with Crippen molar-refractivity contribution < 1.29 is 0 Å². The van der Waals surface area contributed by atoms with E-state index in [1.54, 1.807) is 11.8 Å². The molecule has 1 heterocycles. The number of halogens is 1. The van der Waals surface area contributed by atoms with Crippen LogP contribution in [0.1, 0.15) is 30.8 Å². The minimum atomic E-state index is 0.799. The summed E-state index contributed by atoms with van der Waals surface area (Å²) in [6.45, 7) is 8.92. The predicted molar refractivity (Wildman–Crippen MR) is 91.0 cm³/mol. The van der Waals surface area contributed by atoms with Crippen molar-refractivity contribution in [2.45, 2.75) is 44.5 Å². The van der Waals surface area contributed by atoms with Crippen LogP contribution in [0.3, 0.4) is 0 Å². The van der Waals surface area contributed by atoms with E-state index in [1.807, 2.05) is 11.6 Å². The number of aryl methyl sites for hydroxylation is 2. The SMILES string of the molecule is CCNCc1cccc(SCc2c(Cl)c(C)nn2CC)c1. The Balaban J connectivity index is 2.06. The second-order valence-electron chi connectivity index (χ2n) is 4.88. The van der Waals surface area contributed by atoms with E-state index < -0.39 is 0 Å². The van der Waals surface area contributed by atoms with Gasteiger partial charge in [-0.2, -0.15) is 5.10 Å². The molecule has 1 N–H and O–H groups in total. The van der Waals surface area contributed by atoms with E-state index in [4.69, 9.17) is 11.6 Å². The number of aromatic nitrogens is 2. The van der Waals surface area contributed by atoms with E-state index in [0.717, 1.165) is 41.8 Å². The van der Waals surface area contributed by atoms with E-state index in [0.29, 0.717) is 0 Å². The van der Waals surface area contributed by atoms with Crippen molar-refractivity contribution in [3.8, 4) is 0 Å². The first-order valence-electron chi connectivity index (χ1n) is 7.30. The number of hydrogen-bond donors (Lipinski definition) is 1. The van der Waals surface area contributed by atoms with Gasteiger partial charge >= 0.3 is 0 Å². The molecule has 21 heavy (non-hydrogen) atoms. The fourth-order valence-electron chi connectivity index (χ4n) is 2.17. The summed E-state index contributed by atoms with van der Waals surface area (Å²) in [7, 11) is 0. The summed E-state index contributed by atoms with van der Waals surface area (Å²) in [5, 5.41) is 8.61. The average Bonchev–Trinajstić information content (AvgIpc) is 2.78. The summed E-state index contributed by atoms with van der Waals surface area (Å²) >= 11 is 8.16. The van der Waals surface area contributed by atoms with Crippen molar-refractivity contribution in [1.82, 2.24) is 15.1 Å². The third kappa shape index (κ3) is 4.25. The maximum absolute atomic E-state index is 6.35. The normalized spacial score (nSPS) is 11.0. The lowest BCUT2D eigenvalue weighted by molar-refractivity contribution is 0.632. The summed E-state index contributed by atoms with van der Waals surface area (Å²) in [6, 6.07) is 8.65. The minimum absolute atomic E-state index is 0.799. The summed E-state index contributed by atoms with van der Waals surface area (Å²) in [5.74, 6) is 0.845. The van der Waals surface area contributed by atoms with Crippen LogP contribution in [-0.4, -0.2) is 16.3 Å². The van der Waals surface area contributed by atoms with Crippen molar-refractivity contribution in [3.63, 3.8) is 0 Å². The Bertz CT molecular complexity index is 595. The Morgan fingerprint density at radius 1 is 1.33 bits per heavy atom. The number of nitrogens with zero attached hydrogens (tertiary/aromatic N) is 2. The Morgan fingerprint density at radius 3 is 2.86 bits per heavy atom. The predicted octanol–water partition coefficient (Wildman–Crippen LogP) is 4.27. The zero-order chi connectivity index (χ0) is 15.2. The third-order valence-corrected chi connectivity index (χ3v) is 4.80. The highest BCUT2D eigenvalue weighted by atomic mass is 35.5. The van der Waals surface area contributed by atoms with Crippen molar-refractivity contribution >= 4 is 23.4 Å². The van der Waals surface area contributed by atoms with E-state index >= 15 is 0 Å². The van der Waals surface area contributed by atoms with Crippen molar-refractivity contribution in [1.29, 1.82) is 0 Å². The van der Waals surface area contributed by atoms with Crippen LogP contribution in [-0.2, 0) is 18.8 Å². The van der Waals surface area contributed by atoms with Gasteiger partial charge in [-0.15, -0.1) is 11.8 Å². The summed E-state index contributed by atoms with van der Waals surface area (Å²) < 4.78 is 1.99. The zero-order valence-electron chi connectivity index (χ0n) is 12.8. The molecule has 1 aromatic carbocycles. The van der Waals surface area contributed by atoms with Gasteiger partial charge in [-0.3, -0.25) is 4.68 Å². The fourth-order valence-corrected chi connectivity index (χ4v) is 3.46. The third-order valence-electron chi connectivity index (χ3n) is 3.31. The first-order chi connectivity index (χ1) is 10.2. The van der Waals surface area contributed by atoms with Crippen LogP contribution in [0.4, 0.5) is 0 Å².